The maximum atomic E-state index is 12.1. The largest absolute Gasteiger partial charge is 0.367 e. The predicted octanol–water partition coefficient (Wildman–Crippen LogP) is 0.506. The van der Waals surface area contributed by atoms with E-state index >= 15 is 0 Å². The van der Waals surface area contributed by atoms with Crippen molar-refractivity contribution in [3.8, 4) is 0 Å². The molecule has 1 aromatic heterocycles. The van der Waals surface area contributed by atoms with Gasteiger partial charge in [-0.1, -0.05) is 0 Å². The van der Waals surface area contributed by atoms with Crippen LogP contribution in [-0.2, 0) is 4.79 Å². The van der Waals surface area contributed by atoms with E-state index in [1.165, 1.54) is 18.5 Å². The second-order valence-corrected chi connectivity index (χ2v) is 5.77. The number of aromatic amines is 1. The Labute approximate surface area is 122 Å². The number of H-pyrrole nitrogens is 1. The maximum absolute atomic E-state index is 12.1. The van der Waals surface area contributed by atoms with Crippen molar-refractivity contribution in [1.29, 1.82) is 0 Å². The van der Waals surface area contributed by atoms with Crippen LogP contribution in [0.5, 0.6) is 0 Å². The average molecular weight is 289 g/mol. The fourth-order valence-corrected chi connectivity index (χ4v) is 2.69. The molecule has 21 heavy (non-hydrogen) atoms. The number of carbonyl (C=O) groups is 2. The Bertz CT molecular complexity index is 598. The van der Waals surface area contributed by atoms with Gasteiger partial charge >= 0.3 is 0 Å². The molecule has 0 unspecified atom stereocenters. The number of hydrogen-bond acceptors (Lipinski definition) is 3. The molecule has 3 rings (SSSR count). The topological polar surface area (TPSA) is 82.3 Å². The molecule has 112 valence electrons. The van der Waals surface area contributed by atoms with E-state index in [-0.39, 0.29) is 34.8 Å². The van der Waals surface area contributed by atoms with E-state index in [1.807, 2.05) is 4.90 Å². The van der Waals surface area contributed by atoms with Crippen molar-refractivity contribution in [3.05, 3.63) is 34.2 Å². The number of carbonyl (C=O) groups excluding carboxylic acids is 2. The molecule has 0 aromatic carbocycles. The van der Waals surface area contributed by atoms with Gasteiger partial charge in [-0.15, -0.1) is 0 Å². The summed E-state index contributed by atoms with van der Waals surface area (Å²) in [4.78, 5) is 40.2. The van der Waals surface area contributed by atoms with Gasteiger partial charge in [-0.3, -0.25) is 14.4 Å². The van der Waals surface area contributed by atoms with Crippen molar-refractivity contribution in [3.63, 3.8) is 0 Å². The first-order valence-corrected chi connectivity index (χ1v) is 7.42. The van der Waals surface area contributed by atoms with Crippen LogP contribution in [0.15, 0.2) is 23.3 Å². The van der Waals surface area contributed by atoms with Crippen LogP contribution in [0.4, 0.5) is 0 Å². The zero-order valence-corrected chi connectivity index (χ0v) is 11.8. The van der Waals surface area contributed by atoms with Crippen molar-refractivity contribution in [2.45, 2.75) is 31.7 Å². The van der Waals surface area contributed by atoms with Gasteiger partial charge in [-0.05, 0) is 25.7 Å². The lowest BCUT2D eigenvalue weighted by Gasteiger charge is -2.32. The second-order valence-electron chi connectivity index (χ2n) is 5.77. The van der Waals surface area contributed by atoms with Crippen LogP contribution in [0.25, 0.3) is 0 Å². The van der Waals surface area contributed by atoms with Gasteiger partial charge in [0.2, 0.25) is 5.91 Å². The zero-order valence-electron chi connectivity index (χ0n) is 11.8. The number of piperidine rings is 1. The Morgan fingerprint density at radius 3 is 2.52 bits per heavy atom. The number of pyridine rings is 1. The Morgan fingerprint density at radius 1 is 1.19 bits per heavy atom. The number of amides is 2. The van der Waals surface area contributed by atoms with E-state index < -0.39 is 0 Å². The monoisotopic (exact) mass is 289 g/mol. The first kappa shape index (κ1) is 13.9. The van der Waals surface area contributed by atoms with Crippen LogP contribution >= 0.6 is 0 Å². The Balaban J connectivity index is 1.53. The van der Waals surface area contributed by atoms with Crippen LogP contribution in [0.3, 0.4) is 0 Å². The van der Waals surface area contributed by atoms with E-state index in [9.17, 15) is 14.4 Å². The third-order valence-corrected chi connectivity index (χ3v) is 4.14. The van der Waals surface area contributed by atoms with Crippen LogP contribution in [0, 0.1) is 5.92 Å². The van der Waals surface area contributed by atoms with Gasteiger partial charge in [-0.25, -0.2) is 0 Å². The lowest BCUT2D eigenvalue weighted by atomic mass is 10.0. The minimum atomic E-state index is -0.344. The van der Waals surface area contributed by atoms with E-state index in [0.29, 0.717) is 13.1 Å². The fourth-order valence-electron chi connectivity index (χ4n) is 2.69. The summed E-state index contributed by atoms with van der Waals surface area (Å²) in [5, 5.41) is 2.88. The summed E-state index contributed by atoms with van der Waals surface area (Å²) in [5.74, 6) is 0.169. The summed E-state index contributed by atoms with van der Waals surface area (Å²) < 4.78 is 0. The van der Waals surface area contributed by atoms with Gasteiger partial charge in [0.25, 0.3) is 5.91 Å². The van der Waals surface area contributed by atoms with Crippen LogP contribution in [0.2, 0.25) is 0 Å². The Kier molecular flexibility index (Phi) is 3.77. The van der Waals surface area contributed by atoms with Crippen molar-refractivity contribution in [2.24, 2.45) is 5.92 Å². The molecule has 0 atom stereocenters. The highest BCUT2D eigenvalue weighted by Crippen LogP contribution is 2.31. The standard InChI is InChI=1S/C15H19N3O3/c19-13-3-6-16-9-12(13)14(20)17-11-4-7-18(8-5-11)15(21)10-1-2-10/h3,6,9-11H,1-2,4-5,7-8H2,(H,16,19)(H,17,20). The van der Waals surface area contributed by atoms with Crippen LogP contribution in [0.1, 0.15) is 36.0 Å². The van der Waals surface area contributed by atoms with E-state index in [0.717, 1.165) is 25.7 Å². The van der Waals surface area contributed by atoms with Gasteiger partial charge < -0.3 is 15.2 Å². The number of rotatable bonds is 3. The van der Waals surface area contributed by atoms with Gasteiger partial charge in [0.1, 0.15) is 5.56 Å². The van der Waals surface area contributed by atoms with Gasteiger partial charge in [-0.2, -0.15) is 0 Å². The van der Waals surface area contributed by atoms with Crippen molar-refractivity contribution >= 4 is 11.8 Å². The molecule has 6 nitrogen and oxygen atoms in total. The molecular formula is C15H19N3O3. The fraction of sp³-hybridized carbons (Fsp3) is 0.533. The maximum Gasteiger partial charge on any atom is 0.256 e. The lowest BCUT2D eigenvalue weighted by molar-refractivity contribution is -0.133. The van der Waals surface area contributed by atoms with Crippen LogP contribution < -0.4 is 10.7 Å². The van der Waals surface area contributed by atoms with E-state index in [2.05, 4.69) is 10.3 Å². The molecular weight excluding hydrogens is 270 g/mol. The van der Waals surface area contributed by atoms with Crippen molar-refractivity contribution in [2.75, 3.05) is 13.1 Å². The Morgan fingerprint density at radius 2 is 1.90 bits per heavy atom. The van der Waals surface area contributed by atoms with Crippen LogP contribution in [-0.4, -0.2) is 40.8 Å². The molecule has 0 spiro atoms. The molecule has 2 aliphatic rings. The number of hydrogen-bond donors (Lipinski definition) is 2. The molecule has 1 aromatic rings. The second kappa shape index (κ2) is 5.71. The first-order valence-electron chi connectivity index (χ1n) is 7.42. The minimum Gasteiger partial charge on any atom is -0.367 e. The first-order chi connectivity index (χ1) is 10.1. The van der Waals surface area contributed by atoms with Gasteiger partial charge in [0, 0.05) is 43.5 Å². The summed E-state index contributed by atoms with van der Waals surface area (Å²) in [7, 11) is 0. The molecule has 1 saturated heterocycles. The van der Waals surface area contributed by atoms with E-state index in [1.54, 1.807) is 0 Å². The summed E-state index contributed by atoms with van der Waals surface area (Å²) in [6, 6.07) is 1.37. The van der Waals surface area contributed by atoms with Gasteiger partial charge in [0.05, 0.1) is 0 Å². The third-order valence-electron chi connectivity index (χ3n) is 4.14. The lowest BCUT2D eigenvalue weighted by Crippen LogP contribution is -2.47. The highest BCUT2D eigenvalue weighted by molar-refractivity contribution is 5.93. The molecule has 2 heterocycles. The zero-order chi connectivity index (χ0) is 14.8. The molecule has 0 bridgehead atoms. The van der Waals surface area contributed by atoms with Gasteiger partial charge in [0.15, 0.2) is 5.43 Å². The third kappa shape index (κ3) is 3.15. The molecule has 2 fully saturated rings. The summed E-state index contributed by atoms with van der Waals surface area (Å²) in [5.41, 5.74) is -0.151. The summed E-state index contributed by atoms with van der Waals surface area (Å²) in [6.45, 7) is 1.37. The molecule has 0 radical (unpaired) electrons. The van der Waals surface area contributed by atoms with E-state index in [4.69, 9.17) is 0 Å². The van der Waals surface area contributed by atoms with Crippen molar-refractivity contribution < 1.29 is 9.59 Å². The number of nitrogens with zero attached hydrogens (tertiary/aromatic N) is 1. The highest BCUT2D eigenvalue weighted by atomic mass is 16.2. The Hall–Kier alpha value is -2.11. The molecule has 1 aliphatic carbocycles. The minimum absolute atomic E-state index is 0.0281. The number of aromatic nitrogens is 1. The SMILES string of the molecule is O=C(NC1CCN(C(=O)C2CC2)CC1)c1c[nH]ccc1=O. The predicted molar refractivity (Wildman–Crippen MR) is 76.9 cm³/mol. The number of likely N-dealkylation sites (tertiary alicyclic amines) is 1. The number of nitrogens with one attached hydrogen (secondary N) is 2. The quantitative estimate of drug-likeness (QED) is 0.850. The molecule has 1 aliphatic heterocycles. The molecule has 6 heteroatoms. The summed E-state index contributed by atoms with van der Waals surface area (Å²) >= 11 is 0. The smallest absolute Gasteiger partial charge is 0.256 e. The molecule has 1 saturated carbocycles. The highest BCUT2D eigenvalue weighted by Gasteiger charge is 2.35. The normalized spacial score (nSPS) is 19.3. The average Bonchev–Trinajstić information content (AvgIpc) is 3.32. The summed E-state index contributed by atoms with van der Waals surface area (Å²) in [6.07, 6.45) is 6.45. The molecule has 2 N–H and O–H groups in total. The molecule has 2 amide bonds. The van der Waals surface area contributed by atoms with Crippen molar-refractivity contribution in [1.82, 2.24) is 15.2 Å².